The van der Waals surface area contributed by atoms with Crippen LogP contribution in [-0.2, 0) is 23.9 Å². The van der Waals surface area contributed by atoms with Crippen LogP contribution < -0.4 is 15.5 Å². The molecule has 0 aliphatic rings. The minimum Gasteiger partial charge on any atom is -0.507 e. The summed E-state index contributed by atoms with van der Waals surface area (Å²) in [5, 5.41) is 27.8. The zero-order valence-corrected chi connectivity index (χ0v) is 29.8. The van der Waals surface area contributed by atoms with Gasteiger partial charge in [-0.3, -0.25) is 19.3 Å². The van der Waals surface area contributed by atoms with E-state index in [1.54, 1.807) is 57.3 Å². The lowest BCUT2D eigenvalue weighted by molar-refractivity contribution is -0.141. The Bertz CT molecular complexity index is 1850. The smallest absolute Gasteiger partial charge is 0.416 e. The number of aliphatic hydroxyl groups is 1. The molecule has 0 radical (unpaired) electrons. The lowest BCUT2D eigenvalue weighted by atomic mass is 9.95. The molecule has 270 valence electrons. The summed E-state index contributed by atoms with van der Waals surface area (Å²) in [5.74, 6) is -1.22. The maximum atomic E-state index is 13.5. The average Bonchev–Trinajstić information content (AvgIpc) is 3.08. The number of hydrogen-bond donors (Lipinski definition) is 4. The molecule has 1 aromatic heterocycles. The first-order chi connectivity index (χ1) is 24.2. The third kappa shape index (κ3) is 10.5. The minimum atomic E-state index is -1.33. The zero-order valence-electron chi connectivity index (χ0n) is 29.8. The molecule has 12 nitrogen and oxygen atoms in total. The van der Waals surface area contributed by atoms with Gasteiger partial charge in [0, 0.05) is 24.5 Å². The summed E-state index contributed by atoms with van der Waals surface area (Å²) >= 11 is 0. The normalized spacial score (nSPS) is 13.1. The SMILES string of the molecule is COC(=O)C[C@H](NC(=O)[C@@H](NC(=O)CCCN(C(=O)OC(C)(C)C)c1cc(C)ccn1)[C@@H](C)O)c1ccc(-c2ccc(O)c3ccccc23)cc1. The van der Waals surface area contributed by atoms with Crippen LogP contribution in [0.5, 0.6) is 5.75 Å². The van der Waals surface area contributed by atoms with E-state index in [9.17, 15) is 29.4 Å². The van der Waals surface area contributed by atoms with E-state index in [4.69, 9.17) is 9.47 Å². The van der Waals surface area contributed by atoms with Gasteiger partial charge in [-0.25, -0.2) is 9.78 Å². The number of phenolic OH excluding ortho intramolecular Hbond substituents is 1. The minimum absolute atomic E-state index is 0.0688. The van der Waals surface area contributed by atoms with E-state index in [0.717, 1.165) is 22.1 Å². The van der Waals surface area contributed by atoms with Gasteiger partial charge in [-0.2, -0.15) is 0 Å². The molecule has 0 unspecified atom stereocenters. The number of nitrogens with one attached hydrogen (secondary N) is 2. The maximum absolute atomic E-state index is 13.5. The van der Waals surface area contributed by atoms with Gasteiger partial charge in [-0.05, 0) is 86.9 Å². The Balaban J connectivity index is 1.45. The van der Waals surface area contributed by atoms with Crippen molar-refractivity contribution in [1.82, 2.24) is 15.6 Å². The quantitative estimate of drug-likeness (QED) is 0.128. The molecule has 0 bridgehead atoms. The Hall–Kier alpha value is -5.49. The molecule has 4 N–H and O–H groups in total. The van der Waals surface area contributed by atoms with Crippen LogP contribution in [-0.4, -0.2) is 70.5 Å². The third-order valence-corrected chi connectivity index (χ3v) is 8.10. The van der Waals surface area contributed by atoms with Crippen LogP contribution in [0.15, 0.2) is 79.0 Å². The summed E-state index contributed by atoms with van der Waals surface area (Å²) in [4.78, 5) is 57.6. The van der Waals surface area contributed by atoms with Gasteiger partial charge in [-0.1, -0.05) is 54.6 Å². The van der Waals surface area contributed by atoms with E-state index in [-0.39, 0.29) is 31.6 Å². The number of aromatic hydroxyl groups is 1. The van der Waals surface area contributed by atoms with Gasteiger partial charge in [0.15, 0.2) is 0 Å². The second kappa shape index (κ2) is 16.9. The number of anilines is 1. The highest BCUT2D eigenvalue weighted by atomic mass is 16.6. The molecule has 51 heavy (non-hydrogen) atoms. The molecule has 3 amide bonds. The number of esters is 1. The molecular weight excluding hydrogens is 652 g/mol. The number of nitrogens with zero attached hydrogens (tertiary/aromatic N) is 2. The standard InChI is InChI=1S/C39H46N4O8/c1-24-19-20-40-33(22-24)43(38(49)51-39(3,4)5)21-9-12-34(46)42-36(25(2)44)37(48)41-31(23-35(47)50-6)27-15-13-26(14-16-27)28-17-18-32(45)30-11-8-7-10-29(28)30/h7-8,10-11,13-20,22,25,31,36,44-45H,9,12,21,23H2,1-6H3,(H,41,48)(H,42,46)/t25-,31+,36+/m1/s1. The number of fused-ring (bicyclic) bond motifs is 1. The molecule has 4 rings (SSSR count). The van der Waals surface area contributed by atoms with Gasteiger partial charge in [0.05, 0.1) is 25.7 Å². The number of phenols is 1. The van der Waals surface area contributed by atoms with Crippen molar-refractivity contribution in [2.45, 2.75) is 77.7 Å². The van der Waals surface area contributed by atoms with Crippen molar-refractivity contribution in [2.24, 2.45) is 0 Å². The highest BCUT2D eigenvalue weighted by Gasteiger charge is 2.30. The van der Waals surface area contributed by atoms with Crippen LogP contribution in [0.2, 0.25) is 0 Å². The highest BCUT2D eigenvalue weighted by molar-refractivity contribution is 6.00. The van der Waals surface area contributed by atoms with Crippen molar-refractivity contribution in [2.75, 3.05) is 18.6 Å². The summed E-state index contributed by atoms with van der Waals surface area (Å²) in [6, 6.07) is 19.6. The van der Waals surface area contributed by atoms with Crippen LogP contribution in [0.25, 0.3) is 21.9 Å². The van der Waals surface area contributed by atoms with E-state index in [1.165, 1.54) is 18.9 Å². The summed E-state index contributed by atoms with van der Waals surface area (Å²) in [5.41, 5.74) is 2.50. The van der Waals surface area contributed by atoms with Crippen molar-refractivity contribution in [3.63, 3.8) is 0 Å². The molecule has 0 fully saturated rings. The van der Waals surface area contributed by atoms with Crippen molar-refractivity contribution in [3.8, 4) is 16.9 Å². The van der Waals surface area contributed by atoms with Crippen molar-refractivity contribution >= 4 is 40.5 Å². The average molecular weight is 699 g/mol. The zero-order chi connectivity index (χ0) is 37.3. The number of hydrogen-bond acceptors (Lipinski definition) is 9. The second-order valence-electron chi connectivity index (χ2n) is 13.4. The number of benzene rings is 3. The van der Waals surface area contributed by atoms with Crippen LogP contribution in [0.1, 0.15) is 64.1 Å². The summed E-state index contributed by atoms with van der Waals surface area (Å²) < 4.78 is 10.4. The number of carbonyl (C=O) groups is 4. The third-order valence-electron chi connectivity index (χ3n) is 8.10. The van der Waals surface area contributed by atoms with Crippen molar-refractivity contribution < 1.29 is 38.9 Å². The Morgan fingerprint density at radius 2 is 1.63 bits per heavy atom. The van der Waals surface area contributed by atoms with Crippen molar-refractivity contribution in [3.05, 3.63) is 90.1 Å². The Kier molecular flexibility index (Phi) is 12.7. The topological polar surface area (TPSA) is 167 Å². The van der Waals surface area contributed by atoms with Crippen LogP contribution in [0.4, 0.5) is 10.6 Å². The summed E-state index contributed by atoms with van der Waals surface area (Å²) in [7, 11) is 1.25. The molecule has 1 heterocycles. The molecular formula is C39H46N4O8. The Morgan fingerprint density at radius 1 is 0.941 bits per heavy atom. The molecule has 0 aliphatic carbocycles. The maximum Gasteiger partial charge on any atom is 0.416 e. The predicted molar refractivity (Wildman–Crippen MR) is 194 cm³/mol. The number of aromatic nitrogens is 1. The molecule has 0 aliphatic heterocycles. The van der Waals surface area contributed by atoms with E-state index in [2.05, 4.69) is 15.6 Å². The van der Waals surface area contributed by atoms with E-state index >= 15 is 0 Å². The summed E-state index contributed by atoms with van der Waals surface area (Å²) in [6.07, 6.45) is -0.350. The van der Waals surface area contributed by atoms with Gasteiger partial charge < -0.3 is 30.3 Å². The number of aryl methyl sites for hydroxylation is 1. The first-order valence-electron chi connectivity index (χ1n) is 16.8. The van der Waals surface area contributed by atoms with Gasteiger partial charge in [0.1, 0.15) is 23.2 Å². The number of methoxy groups -OCH3 is 1. The fraction of sp³-hybridized carbons (Fsp3) is 0.359. The molecule has 0 saturated carbocycles. The van der Waals surface area contributed by atoms with Gasteiger partial charge >= 0.3 is 12.1 Å². The van der Waals surface area contributed by atoms with Crippen LogP contribution >= 0.6 is 0 Å². The van der Waals surface area contributed by atoms with Gasteiger partial charge in [-0.15, -0.1) is 0 Å². The number of aliphatic hydroxyl groups excluding tert-OH is 1. The first kappa shape index (κ1) is 38.3. The van der Waals surface area contributed by atoms with Gasteiger partial charge in [0.2, 0.25) is 11.8 Å². The molecule has 12 heteroatoms. The largest absolute Gasteiger partial charge is 0.507 e. The number of amides is 3. The van der Waals surface area contributed by atoms with Crippen LogP contribution in [0.3, 0.4) is 0 Å². The highest BCUT2D eigenvalue weighted by Crippen LogP contribution is 2.34. The number of ether oxygens (including phenoxy) is 2. The fourth-order valence-electron chi connectivity index (χ4n) is 5.53. The molecule has 3 atom stereocenters. The Morgan fingerprint density at radius 3 is 2.25 bits per heavy atom. The number of carbonyl (C=O) groups excluding carboxylic acids is 4. The first-order valence-corrected chi connectivity index (χ1v) is 16.8. The van der Waals surface area contributed by atoms with E-state index in [0.29, 0.717) is 16.8 Å². The van der Waals surface area contributed by atoms with E-state index < -0.39 is 47.7 Å². The van der Waals surface area contributed by atoms with Crippen molar-refractivity contribution in [1.29, 1.82) is 0 Å². The lowest BCUT2D eigenvalue weighted by Gasteiger charge is -2.27. The van der Waals surface area contributed by atoms with Gasteiger partial charge in [0.25, 0.3) is 0 Å². The van der Waals surface area contributed by atoms with E-state index in [1.807, 2.05) is 49.4 Å². The molecule has 4 aromatic rings. The monoisotopic (exact) mass is 698 g/mol. The Labute approximate surface area is 297 Å². The van der Waals surface area contributed by atoms with Crippen LogP contribution in [0, 0.1) is 6.92 Å². The summed E-state index contributed by atoms with van der Waals surface area (Å²) in [6.45, 7) is 8.63. The lowest BCUT2D eigenvalue weighted by Crippen LogP contribution is -2.53. The number of pyridine rings is 1. The number of rotatable bonds is 13. The molecule has 0 saturated heterocycles. The second-order valence-corrected chi connectivity index (χ2v) is 13.4. The molecule has 3 aromatic carbocycles. The fourth-order valence-corrected chi connectivity index (χ4v) is 5.53. The predicted octanol–water partition coefficient (Wildman–Crippen LogP) is 5.72. The molecule has 0 spiro atoms.